The van der Waals surface area contributed by atoms with Gasteiger partial charge in [0.15, 0.2) is 6.29 Å². The maximum Gasteiger partial charge on any atom is 0.187 e. The number of aliphatic hydroxyl groups is 3. The van der Waals surface area contributed by atoms with Crippen LogP contribution in [0.5, 0.6) is 0 Å². The Morgan fingerprint density at radius 2 is 1.97 bits per heavy atom. The molecule has 3 aliphatic rings. The zero-order valence-corrected chi connectivity index (χ0v) is 20.2. The smallest absolute Gasteiger partial charge is 0.187 e. The van der Waals surface area contributed by atoms with Crippen LogP contribution in [-0.4, -0.2) is 63.5 Å². The Labute approximate surface area is 192 Å². The van der Waals surface area contributed by atoms with E-state index >= 15 is 0 Å². The summed E-state index contributed by atoms with van der Waals surface area (Å²) in [5, 5.41) is 39.4. The van der Waals surface area contributed by atoms with Crippen LogP contribution in [0.3, 0.4) is 0 Å². The van der Waals surface area contributed by atoms with Crippen LogP contribution in [0.15, 0.2) is 24.3 Å². The van der Waals surface area contributed by atoms with E-state index in [0.29, 0.717) is 18.3 Å². The second-order valence-electron chi connectivity index (χ2n) is 11.0. The molecule has 0 aromatic rings. The van der Waals surface area contributed by atoms with Crippen molar-refractivity contribution in [2.75, 3.05) is 6.61 Å². The van der Waals surface area contributed by atoms with Gasteiger partial charge in [-0.15, -0.1) is 6.58 Å². The maximum atomic E-state index is 10.3. The van der Waals surface area contributed by atoms with Crippen molar-refractivity contribution in [1.29, 1.82) is 0 Å². The molecule has 10 unspecified atom stereocenters. The molecule has 3 rings (SSSR count). The molecular weight excluding hydrogens is 412 g/mol. The number of hydrogen-bond acceptors (Lipinski definition) is 7. The number of fused-ring (bicyclic) bond motifs is 1. The van der Waals surface area contributed by atoms with Crippen molar-refractivity contribution in [3.8, 4) is 0 Å². The Kier molecular flexibility index (Phi) is 7.62. The average Bonchev–Trinajstić information content (AvgIpc) is 2.77. The summed E-state index contributed by atoms with van der Waals surface area (Å²) in [5.74, 6) is 0.817. The third-order valence-corrected chi connectivity index (χ3v) is 9.16. The Morgan fingerprint density at radius 3 is 2.59 bits per heavy atom. The zero-order chi connectivity index (χ0) is 23.9. The van der Waals surface area contributed by atoms with Gasteiger partial charge in [-0.2, -0.15) is 0 Å². The van der Waals surface area contributed by atoms with Crippen molar-refractivity contribution in [3.63, 3.8) is 0 Å². The molecule has 1 aliphatic heterocycles. The minimum atomic E-state index is -1.33. The topological polar surface area (TPSA) is 109 Å². The van der Waals surface area contributed by atoms with E-state index in [1.54, 1.807) is 6.08 Å². The van der Waals surface area contributed by atoms with Gasteiger partial charge in [0.1, 0.15) is 24.4 Å². The van der Waals surface area contributed by atoms with E-state index in [4.69, 9.17) is 14.4 Å². The van der Waals surface area contributed by atoms with Crippen LogP contribution < -0.4 is 0 Å². The van der Waals surface area contributed by atoms with Crippen molar-refractivity contribution >= 4 is 0 Å². The molecule has 0 aromatic carbocycles. The number of hydrogen-bond donors (Lipinski definition) is 4. The van der Waals surface area contributed by atoms with Gasteiger partial charge in [0.05, 0.1) is 12.2 Å². The summed E-state index contributed by atoms with van der Waals surface area (Å²) in [6, 6.07) is 0. The standard InChI is InChI=1S/C25H42O7/c1-7-23(4,31-22-21(28)20(27)18(26)14-30-22)10-11-25(6)15(2)8-9-24(5)16(3)12-17(32-29)13-19(24)25/h7,12,15,17-22,26-29H,1,8-11,13-14H2,2-6H3. The fourth-order valence-electron chi connectivity index (χ4n) is 6.23. The Bertz CT molecular complexity index is 710. The van der Waals surface area contributed by atoms with Crippen molar-refractivity contribution in [1.82, 2.24) is 0 Å². The summed E-state index contributed by atoms with van der Waals surface area (Å²) in [6.07, 6.45) is 3.20. The Balaban J connectivity index is 1.78. The highest BCUT2D eigenvalue weighted by atomic mass is 17.1. The molecule has 1 saturated heterocycles. The first-order valence-electron chi connectivity index (χ1n) is 11.9. The summed E-state index contributed by atoms with van der Waals surface area (Å²) in [4.78, 5) is 4.78. The molecule has 0 aromatic heterocycles. The van der Waals surface area contributed by atoms with Gasteiger partial charge in [0.25, 0.3) is 0 Å². The van der Waals surface area contributed by atoms with Crippen LogP contribution in [0.1, 0.15) is 66.7 Å². The number of allylic oxidation sites excluding steroid dienone is 1. The molecular formula is C25H42O7. The lowest BCUT2D eigenvalue weighted by molar-refractivity contribution is -0.294. The highest BCUT2D eigenvalue weighted by molar-refractivity contribution is 5.23. The lowest BCUT2D eigenvalue weighted by atomic mass is 9.46. The summed E-state index contributed by atoms with van der Waals surface area (Å²) in [5.41, 5.74) is 0.538. The third-order valence-electron chi connectivity index (χ3n) is 9.16. The van der Waals surface area contributed by atoms with Crippen LogP contribution in [-0.2, 0) is 14.4 Å². The molecule has 0 bridgehead atoms. The van der Waals surface area contributed by atoms with Crippen LogP contribution in [0, 0.1) is 22.7 Å². The second kappa shape index (κ2) is 9.45. The highest BCUT2D eigenvalue weighted by Gasteiger charge is 2.55. The normalized spacial score (nSPS) is 46.7. The minimum absolute atomic E-state index is 0.0192. The molecule has 32 heavy (non-hydrogen) atoms. The van der Waals surface area contributed by atoms with E-state index in [9.17, 15) is 20.6 Å². The highest BCUT2D eigenvalue weighted by Crippen LogP contribution is 2.62. The third kappa shape index (κ3) is 4.58. The van der Waals surface area contributed by atoms with Gasteiger partial charge >= 0.3 is 0 Å². The first kappa shape index (κ1) is 25.8. The molecule has 2 aliphatic carbocycles. The van der Waals surface area contributed by atoms with Crippen LogP contribution in [0.25, 0.3) is 0 Å². The molecule has 7 nitrogen and oxygen atoms in total. The van der Waals surface area contributed by atoms with E-state index < -0.39 is 30.2 Å². The van der Waals surface area contributed by atoms with Crippen molar-refractivity contribution in [2.45, 2.75) is 103 Å². The van der Waals surface area contributed by atoms with E-state index in [2.05, 4.69) is 40.3 Å². The van der Waals surface area contributed by atoms with E-state index in [1.807, 2.05) is 6.92 Å². The first-order valence-corrected chi connectivity index (χ1v) is 11.9. The number of ether oxygens (including phenoxy) is 2. The molecule has 10 atom stereocenters. The molecule has 184 valence electrons. The van der Waals surface area contributed by atoms with E-state index in [-0.39, 0.29) is 23.5 Å². The van der Waals surface area contributed by atoms with Crippen molar-refractivity contribution < 1.29 is 34.9 Å². The monoisotopic (exact) mass is 454 g/mol. The largest absolute Gasteiger partial charge is 0.388 e. The van der Waals surface area contributed by atoms with Crippen LogP contribution in [0.4, 0.5) is 0 Å². The Hall–Kier alpha value is -0.800. The predicted molar refractivity (Wildman–Crippen MR) is 121 cm³/mol. The van der Waals surface area contributed by atoms with Crippen molar-refractivity contribution in [3.05, 3.63) is 24.3 Å². The van der Waals surface area contributed by atoms with Gasteiger partial charge in [-0.3, -0.25) is 5.26 Å². The molecule has 1 heterocycles. The van der Waals surface area contributed by atoms with Gasteiger partial charge in [-0.1, -0.05) is 38.5 Å². The number of aliphatic hydroxyl groups excluding tert-OH is 3. The maximum absolute atomic E-state index is 10.3. The minimum Gasteiger partial charge on any atom is -0.388 e. The molecule has 7 heteroatoms. The van der Waals surface area contributed by atoms with Gasteiger partial charge < -0.3 is 24.8 Å². The van der Waals surface area contributed by atoms with Gasteiger partial charge in [0.2, 0.25) is 0 Å². The van der Waals surface area contributed by atoms with Crippen molar-refractivity contribution in [2.24, 2.45) is 22.7 Å². The second-order valence-corrected chi connectivity index (χ2v) is 11.0. The average molecular weight is 455 g/mol. The lowest BCUT2D eigenvalue weighted by Gasteiger charge is -2.59. The van der Waals surface area contributed by atoms with Gasteiger partial charge in [-0.25, -0.2) is 4.89 Å². The lowest BCUT2D eigenvalue weighted by Crippen LogP contribution is -2.56. The molecule has 0 radical (unpaired) electrons. The summed E-state index contributed by atoms with van der Waals surface area (Å²) >= 11 is 0. The van der Waals surface area contributed by atoms with Crippen LogP contribution in [0.2, 0.25) is 0 Å². The van der Waals surface area contributed by atoms with Gasteiger partial charge in [0, 0.05) is 0 Å². The van der Waals surface area contributed by atoms with E-state index in [0.717, 1.165) is 25.7 Å². The summed E-state index contributed by atoms with van der Waals surface area (Å²) < 4.78 is 11.6. The predicted octanol–water partition coefficient (Wildman–Crippen LogP) is 3.43. The summed E-state index contributed by atoms with van der Waals surface area (Å²) in [7, 11) is 0. The Morgan fingerprint density at radius 1 is 1.28 bits per heavy atom. The molecule has 4 N–H and O–H groups in total. The SMILES string of the molecule is C=CC(C)(CCC1(C)C(C)CCC2(C)C(C)=CC(OO)CC21)OC1OCC(O)C(O)C1O. The first-order chi connectivity index (χ1) is 14.9. The fourth-order valence-corrected chi connectivity index (χ4v) is 6.23. The van der Waals surface area contributed by atoms with E-state index in [1.165, 1.54) is 5.57 Å². The fraction of sp³-hybridized carbons (Fsp3) is 0.840. The summed E-state index contributed by atoms with van der Waals surface area (Å²) in [6.45, 7) is 14.9. The molecule has 1 saturated carbocycles. The van der Waals surface area contributed by atoms with Crippen LogP contribution >= 0.6 is 0 Å². The van der Waals surface area contributed by atoms with Gasteiger partial charge in [-0.05, 0) is 68.6 Å². The number of rotatable bonds is 7. The molecule has 0 amide bonds. The molecule has 2 fully saturated rings. The zero-order valence-electron chi connectivity index (χ0n) is 20.2. The molecule has 0 spiro atoms. The quantitative estimate of drug-likeness (QED) is 0.265.